The quantitative estimate of drug-likeness (QED) is 0.365. The van der Waals surface area contributed by atoms with E-state index < -0.39 is 22.6 Å². The SMILES string of the molecule is CS(=O)(=O)NCCc1ccc(C(=O)COC(=O)c2cccnc2Oc2ccccc2)s1. The van der Waals surface area contributed by atoms with Gasteiger partial charge in [-0.05, 0) is 42.8 Å². The van der Waals surface area contributed by atoms with Gasteiger partial charge in [-0.2, -0.15) is 0 Å². The number of ketones is 1. The number of carbonyl (C=O) groups excluding carboxylic acids is 2. The van der Waals surface area contributed by atoms with Gasteiger partial charge in [0.25, 0.3) is 0 Å². The molecule has 31 heavy (non-hydrogen) atoms. The number of aromatic nitrogens is 1. The van der Waals surface area contributed by atoms with Crippen LogP contribution in [0.25, 0.3) is 0 Å². The predicted molar refractivity (Wildman–Crippen MR) is 116 cm³/mol. The third-order valence-electron chi connectivity index (χ3n) is 3.96. The fourth-order valence-electron chi connectivity index (χ4n) is 2.53. The molecule has 3 rings (SSSR count). The van der Waals surface area contributed by atoms with Crippen LogP contribution in [0.3, 0.4) is 0 Å². The van der Waals surface area contributed by atoms with Crippen LogP contribution in [0.1, 0.15) is 24.9 Å². The summed E-state index contributed by atoms with van der Waals surface area (Å²) in [6.45, 7) is -0.187. The molecule has 0 saturated carbocycles. The molecule has 162 valence electrons. The first-order valence-corrected chi connectivity index (χ1v) is 11.9. The molecule has 0 spiro atoms. The molecule has 0 saturated heterocycles. The molecular formula is C21H20N2O6S2. The van der Waals surface area contributed by atoms with Gasteiger partial charge >= 0.3 is 5.97 Å². The van der Waals surface area contributed by atoms with Gasteiger partial charge in [0.1, 0.15) is 11.3 Å². The second kappa shape index (κ2) is 10.3. The maximum atomic E-state index is 12.5. The van der Waals surface area contributed by atoms with Crippen LogP contribution in [-0.2, 0) is 21.2 Å². The van der Waals surface area contributed by atoms with Crippen LogP contribution in [0, 0.1) is 0 Å². The molecule has 0 bridgehead atoms. The van der Waals surface area contributed by atoms with Gasteiger partial charge in [-0.15, -0.1) is 11.3 Å². The zero-order valence-corrected chi connectivity index (χ0v) is 18.2. The monoisotopic (exact) mass is 460 g/mol. The molecule has 3 aromatic rings. The van der Waals surface area contributed by atoms with E-state index in [-0.39, 0.29) is 23.8 Å². The minimum atomic E-state index is -3.26. The van der Waals surface area contributed by atoms with E-state index in [0.29, 0.717) is 17.0 Å². The Hall–Kier alpha value is -3.08. The number of ether oxygens (including phenoxy) is 2. The number of thiophene rings is 1. The zero-order chi connectivity index (χ0) is 22.3. The van der Waals surface area contributed by atoms with E-state index >= 15 is 0 Å². The number of sulfonamides is 1. The summed E-state index contributed by atoms with van der Waals surface area (Å²) in [5, 5.41) is 0. The third-order valence-corrected chi connectivity index (χ3v) is 5.87. The summed E-state index contributed by atoms with van der Waals surface area (Å²) in [6, 6.07) is 15.3. The van der Waals surface area contributed by atoms with Crippen molar-refractivity contribution >= 4 is 33.1 Å². The molecule has 8 nitrogen and oxygen atoms in total. The molecule has 0 aliphatic heterocycles. The van der Waals surface area contributed by atoms with Gasteiger partial charge in [-0.3, -0.25) is 4.79 Å². The van der Waals surface area contributed by atoms with Gasteiger partial charge in [0.05, 0.1) is 11.1 Å². The van der Waals surface area contributed by atoms with E-state index in [0.717, 1.165) is 11.1 Å². The van der Waals surface area contributed by atoms with Crippen molar-refractivity contribution in [1.82, 2.24) is 9.71 Å². The summed E-state index contributed by atoms with van der Waals surface area (Å²) in [5.41, 5.74) is 0.109. The normalized spacial score (nSPS) is 11.1. The molecule has 0 radical (unpaired) electrons. The first-order chi connectivity index (χ1) is 14.8. The highest BCUT2D eigenvalue weighted by atomic mass is 32.2. The number of nitrogens with zero attached hydrogens (tertiary/aromatic N) is 1. The van der Waals surface area contributed by atoms with Crippen molar-refractivity contribution in [1.29, 1.82) is 0 Å². The minimum absolute atomic E-state index is 0.0861. The van der Waals surface area contributed by atoms with Crippen LogP contribution in [0.5, 0.6) is 11.6 Å². The Balaban J connectivity index is 1.57. The van der Waals surface area contributed by atoms with Crippen molar-refractivity contribution in [3.05, 3.63) is 76.1 Å². The van der Waals surface area contributed by atoms with Crippen molar-refractivity contribution in [2.45, 2.75) is 6.42 Å². The van der Waals surface area contributed by atoms with Crippen LogP contribution in [0.2, 0.25) is 0 Å². The summed E-state index contributed by atoms with van der Waals surface area (Å²) >= 11 is 1.23. The number of esters is 1. The maximum Gasteiger partial charge on any atom is 0.344 e. The van der Waals surface area contributed by atoms with Gasteiger partial charge in [-0.25, -0.2) is 22.9 Å². The summed E-state index contributed by atoms with van der Waals surface area (Å²) in [4.78, 5) is 30.2. The standard InChI is InChI=1S/C21H20N2O6S2/c1-31(26,27)23-13-11-16-9-10-19(30-16)18(24)14-28-21(25)17-8-5-12-22-20(17)29-15-6-3-2-4-7-15/h2-10,12,23H,11,13-14H2,1H3. The summed E-state index contributed by atoms with van der Waals surface area (Å²) in [7, 11) is -3.26. The molecule has 0 unspecified atom stereocenters. The number of pyridine rings is 1. The van der Waals surface area contributed by atoms with Gasteiger partial charge in [0.15, 0.2) is 6.61 Å². The van der Waals surface area contributed by atoms with Crippen LogP contribution in [0.15, 0.2) is 60.8 Å². The second-order valence-electron chi connectivity index (χ2n) is 6.45. The molecule has 0 atom stereocenters. The van der Waals surface area contributed by atoms with E-state index in [2.05, 4.69) is 9.71 Å². The largest absolute Gasteiger partial charge is 0.454 e. The lowest BCUT2D eigenvalue weighted by Crippen LogP contribution is -2.24. The lowest BCUT2D eigenvalue weighted by Gasteiger charge is -2.09. The van der Waals surface area contributed by atoms with Gasteiger partial charge in [-0.1, -0.05) is 18.2 Å². The Labute approximate surface area is 183 Å². The summed E-state index contributed by atoms with van der Waals surface area (Å²) < 4.78 is 35.4. The highest BCUT2D eigenvalue weighted by Crippen LogP contribution is 2.23. The molecule has 0 fully saturated rings. The van der Waals surface area contributed by atoms with E-state index in [1.54, 1.807) is 42.5 Å². The number of hydrogen-bond donors (Lipinski definition) is 1. The Morgan fingerprint density at radius 2 is 1.84 bits per heavy atom. The number of Topliss-reactive ketones (excluding diaryl/α,β-unsaturated/α-hetero) is 1. The average Bonchev–Trinajstić information content (AvgIpc) is 3.21. The van der Waals surface area contributed by atoms with Crippen molar-refractivity contribution in [3.63, 3.8) is 0 Å². The Morgan fingerprint density at radius 3 is 2.58 bits per heavy atom. The van der Waals surface area contributed by atoms with Crippen molar-refractivity contribution < 1.29 is 27.5 Å². The van der Waals surface area contributed by atoms with Crippen LogP contribution in [-0.4, -0.2) is 44.6 Å². The molecule has 0 aliphatic carbocycles. The minimum Gasteiger partial charge on any atom is -0.454 e. The van der Waals surface area contributed by atoms with Gasteiger partial charge in [0.2, 0.25) is 21.7 Å². The fraction of sp³-hybridized carbons (Fsp3) is 0.190. The molecule has 0 amide bonds. The number of benzene rings is 1. The molecular weight excluding hydrogens is 440 g/mol. The van der Waals surface area contributed by atoms with Crippen molar-refractivity contribution in [2.24, 2.45) is 0 Å². The number of hydrogen-bond acceptors (Lipinski definition) is 8. The van der Waals surface area contributed by atoms with E-state index in [4.69, 9.17) is 9.47 Å². The Bertz CT molecular complexity index is 1160. The zero-order valence-electron chi connectivity index (χ0n) is 16.6. The molecule has 2 aromatic heterocycles. The number of para-hydroxylation sites is 1. The first-order valence-electron chi connectivity index (χ1n) is 9.23. The molecule has 1 N–H and O–H groups in total. The van der Waals surface area contributed by atoms with Gasteiger partial charge in [0, 0.05) is 17.6 Å². The van der Waals surface area contributed by atoms with E-state index in [9.17, 15) is 18.0 Å². The highest BCUT2D eigenvalue weighted by Gasteiger charge is 2.18. The van der Waals surface area contributed by atoms with Crippen LogP contribution in [0.4, 0.5) is 0 Å². The summed E-state index contributed by atoms with van der Waals surface area (Å²) in [5.74, 6) is -0.470. The maximum absolute atomic E-state index is 12.5. The highest BCUT2D eigenvalue weighted by molar-refractivity contribution is 7.88. The second-order valence-corrected chi connectivity index (χ2v) is 9.45. The number of carbonyl (C=O) groups is 2. The lowest BCUT2D eigenvalue weighted by molar-refractivity contribution is 0.0472. The molecule has 1 aromatic carbocycles. The molecule has 0 aliphatic rings. The number of nitrogens with one attached hydrogen (secondary N) is 1. The smallest absolute Gasteiger partial charge is 0.344 e. The van der Waals surface area contributed by atoms with Gasteiger partial charge < -0.3 is 9.47 Å². The number of rotatable bonds is 10. The Morgan fingerprint density at radius 1 is 1.06 bits per heavy atom. The van der Waals surface area contributed by atoms with Crippen LogP contribution >= 0.6 is 11.3 Å². The molecule has 10 heteroatoms. The van der Waals surface area contributed by atoms with Crippen LogP contribution < -0.4 is 9.46 Å². The fourth-order valence-corrected chi connectivity index (χ4v) is 3.93. The lowest BCUT2D eigenvalue weighted by atomic mass is 10.2. The van der Waals surface area contributed by atoms with Crippen molar-refractivity contribution in [2.75, 3.05) is 19.4 Å². The third kappa shape index (κ3) is 6.99. The first kappa shape index (κ1) is 22.6. The Kier molecular flexibility index (Phi) is 7.50. The topological polar surface area (TPSA) is 112 Å². The molecule has 2 heterocycles. The van der Waals surface area contributed by atoms with E-state index in [1.807, 2.05) is 6.07 Å². The van der Waals surface area contributed by atoms with Crippen molar-refractivity contribution in [3.8, 4) is 11.6 Å². The average molecular weight is 461 g/mol. The van der Waals surface area contributed by atoms with E-state index in [1.165, 1.54) is 23.6 Å². The summed E-state index contributed by atoms with van der Waals surface area (Å²) in [6.07, 6.45) is 3.04. The predicted octanol–water partition coefficient (Wildman–Crippen LogP) is 3.07.